The number of aromatic hydroxyl groups is 1. The van der Waals surface area contributed by atoms with E-state index in [4.69, 9.17) is 28.7 Å². The van der Waals surface area contributed by atoms with Crippen molar-refractivity contribution in [3.63, 3.8) is 0 Å². The monoisotopic (exact) mass is 1110 g/mol. The van der Waals surface area contributed by atoms with Gasteiger partial charge >= 0.3 is 0 Å². The third-order valence-corrected chi connectivity index (χ3v) is 14.7. The number of primary amides is 3. The maximum absolute atomic E-state index is 14.6. The molecular formula is C48H65N15O12S2. The molecule has 2 fully saturated rings. The molecule has 416 valence electrons. The second kappa shape index (κ2) is 29.3. The van der Waals surface area contributed by atoms with Gasteiger partial charge in [-0.2, -0.15) is 0 Å². The molecule has 1 aromatic heterocycles. The molecule has 11 amide bonds. The summed E-state index contributed by atoms with van der Waals surface area (Å²) >= 11 is 0. The van der Waals surface area contributed by atoms with Crippen LogP contribution in [0.2, 0.25) is 0 Å². The molecule has 3 aromatic rings. The summed E-state index contributed by atoms with van der Waals surface area (Å²) in [5.74, 6) is -9.83. The van der Waals surface area contributed by atoms with Gasteiger partial charge in [0.1, 0.15) is 48.0 Å². The minimum Gasteiger partial charge on any atom is -0.508 e. The molecule has 5 rings (SSSR count). The van der Waals surface area contributed by atoms with Gasteiger partial charge in [0.15, 0.2) is 5.96 Å². The van der Waals surface area contributed by atoms with E-state index in [0.717, 1.165) is 21.6 Å². The fraction of sp³-hybridized carbons (Fsp3) is 0.458. The molecule has 2 aliphatic heterocycles. The van der Waals surface area contributed by atoms with Crippen LogP contribution in [0.5, 0.6) is 5.75 Å². The first-order valence-electron chi connectivity index (χ1n) is 24.6. The van der Waals surface area contributed by atoms with Crippen LogP contribution in [0.25, 0.3) is 10.9 Å². The highest BCUT2D eigenvalue weighted by atomic mass is 33.1. The summed E-state index contributed by atoms with van der Waals surface area (Å²) in [6.07, 6.45) is 0.201. The van der Waals surface area contributed by atoms with Gasteiger partial charge in [0, 0.05) is 67.4 Å². The highest BCUT2D eigenvalue weighted by molar-refractivity contribution is 8.76. The van der Waals surface area contributed by atoms with Gasteiger partial charge in [-0.05, 0) is 61.4 Å². The number of aliphatic imine (C=N–C) groups is 1. The van der Waals surface area contributed by atoms with Crippen molar-refractivity contribution in [2.24, 2.45) is 33.7 Å². The Kier molecular flexibility index (Phi) is 22.7. The Morgan fingerprint density at radius 1 is 0.766 bits per heavy atom. The molecule has 2 saturated heterocycles. The second-order valence-corrected chi connectivity index (χ2v) is 20.8. The number of nitrogens with two attached hydrogens (primary N) is 5. The first kappa shape index (κ1) is 59.8. The van der Waals surface area contributed by atoms with Gasteiger partial charge in [-0.15, -0.1) is 0 Å². The lowest BCUT2D eigenvalue weighted by atomic mass is 10.0. The molecule has 2 aromatic carbocycles. The van der Waals surface area contributed by atoms with Gasteiger partial charge in [-0.1, -0.05) is 51.9 Å². The Bertz CT molecular complexity index is 2690. The van der Waals surface area contributed by atoms with E-state index in [0.29, 0.717) is 28.5 Å². The van der Waals surface area contributed by atoms with Crippen LogP contribution in [0, 0.1) is 0 Å². The summed E-state index contributed by atoms with van der Waals surface area (Å²) in [5, 5.41) is 28.7. The molecule has 2 aliphatic rings. The summed E-state index contributed by atoms with van der Waals surface area (Å²) in [5.41, 5.74) is 28.9. The number of guanidine groups is 1. The predicted octanol–water partition coefficient (Wildman–Crippen LogP) is -3.86. The number of aromatic nitrogens is 1. The molecule has 29 heteroatoms. The number of nitrogens with one attached hydrogen (secondary N) is 8. The number of H-pyrrole nitrogens is 1. The van der Waals surface area contributed by atoms with E-state index in [-0.39, 0.29) is 74.8 Å². The van der Waals surface area contributed by atoms with Crippen molar-refractivity contribution < 1.29 is 57.8 Å². The summed E-state index contributed by atoms with van der Waals surface area (Å²) in [4.78, 5) is 157. The molecule has 77 heavy (non-hydrogen) atoms. The van der Waals surface area contributed by atoms with Gasteiger partial charge in [0.05, 0.1) is 13.0 Å². The standard InChI is InChI=1S/C48H65N15O12S2/c49-37(65)14-13-31-42(70)61-34(21-38(50)66)45(73)62-35(47(75)63-17-4-8-36(63)46(74)59-30(7-3-16-54-48(52)53)41(69)56-23-39(51)67)24-77-76-18-15-40(68)57-32(19-25-9-11-27(64)12-10-25)43(71)60-33(44(72)58-31)20-26-22-55-29-6-2-1-5-28(26)29/h1-2,5-6,9-12,22,30-36,55,64H,3-4,7-8,13-21,23-24H2,(H2,49,65)(H2,50,66)(H2,51,67)(H,56,69)(H,57,68)(H,58,72)(H,59,74)(H,60,71)(H,61,70)(H,62,73)(H4,52,53,54)/t30-,31?,32?,33-,34?,35+,36+/m1/s1. The largest absolute Gasteiger partial charge is 0.508 e. The van der Waals surface area contributed by atoms with E-state index in [2.05, 4.69) is 47.2 Å². The zero-order valence-corrected chi connectivity index (χ0v) is 43.5. The van der Waals surface area contributed by atoms with Crippen molar-refractivity contribution in [3.8, 4) is 5.75 Å². The number of phenolic OH excluding ortho intramolecular Hbond substituents is 1. The molecule has 0 saturated carbocycles. The highest BCUT2D eigenvalue weighted by Gasteiger charge is 2.40. The number of carbonyl (C=O) groups is 11. The SMILES string of the molecule is NC(=O)CCC1NC(=O)[C@@H](Cc2c[nH]c3ccccc23)NC(=O)C(Cc2ccc(O)cc2)NC(=O)CCSSC[C@@H](C(=O)N2CCC[C@H]2C(=O)N[C@H](CCCN=C(N)N)C(=O)NCC(N)=O)NC(=O)C(CC(N)=O)NC1=O. The number of likely N-dealkylation sites (tertiary alicyclic amines) is 1. The molecular weight excluding hydrogens is 1040 g/mol. The molecule has 0 bridgehead atoms. The van der Waals surface area contributed by atoms with Crippen LogP contribution in [0.4, 0.5) is 0 Å². The topological polar surface area (TPSA) is 454 Å². The lowest BCUT2D eigenvalue weighted by Crippen LogP contribution is -2.61. The summed E-state index contributed by atoms with van der Waals surface area (Å²) in [7, 11) is 2.18. The molecule has 0 radical (unpaired) electrons. The number of hydrogen-bond acceptors (Lipinski definition) is 15. The zero-order chi connectivity index (χ0) is 56.2. The Hall–Kier alpha value is -8.08. The normalized spacial score (nSPS) is 21.5. The van der Waals surface area contributed by atoms with Crippen LogP contribution in [0.15, 0.2) is 59.7 Å². The van der Waals surface area contributed by atoms with Crippen LogP contribution in [-0.4, -0.2) is 159 Å². The van der Waals surface area contributed by atoms with Crippen LogP contribution in [0.1, 0.15) is 62.5 Å². The molecule has 3 heterocycles. The van der Waals surface area contributed by atoms with E-state index in [9.17, 15) is 57.8 Å². The fourth-order valence-corrected chi connectivity index (χ4v) is 10.6. The molecule has 7 atom stereocenters. The maximum atomic E-state index is 14.6. The number of phenols is 1. The van der Waals surface area contributed by atoms with Gasteiger partial charge in [-0.3, -0.25) is 57.7 Å². The number of fused-ring (bicyclic) bond motifs is 1. The summed E-state index contributed by atoms with van der Waals surface area (Å²) < 4.78 is 0. The van der Waals surface area contributed by atoms with Gasteiger partial charge < -0.3 is 80.9 Å². The average Bonchev–Trinajstić information content (AvgIpc) is 4.04. The Morgan fingerprint density at radius 2 is 1.43 bits per heavy atom. The average molecular weight is 1110 g/mol. The fourth-order valence-electron chi connectivity index (χ4n) is 8.45. The van der Waals surface area contributed by atoms with E-state index in [1.54, 1.807) is 42.6 Å². The van der Waals surface area contributed by atoms with E-state index >= 15 is 0 Å². The molecule has 3 unspecified atom stereocenters. The number of para-hydroxylation sites is 1. The van der Waals surface area contributed by atoms with Crippen molar-refractivity contribution in [2.75, 3.05) is 31.1 Å². The van der Waals surface area contributed by atoms with E-state index < -0.39 is 133 Å². The Morgan fingerprint density at radius 3 is 2.12 bits per heavy atom. The highest BCUT2D eigenvalue weighted by Crippen LogP contribution is 2.26. The number of aromatic amines is 1. The maximum Gasteiger partial charge on any atom is 0.246 e. The van der Waals surface area contributed by atoms with E-state index in [1.807, 2.05) is 0 Å². The second-order valence-electron chi connectivity index (χ2n) is 18.2. The quantitative estimate of drug-likeness (QED) is 0.0236. The number of benzene rings is 2. The van der Waals surface area contributed by atoms with Gasteiger partial charge in [0.2, 0.25) is 65.0 Å². The zero-order valence-electron chi connectivity index (χ0n) is 41.9. The first-order valence-corrected chi connectivity index (χ1v) is 27.0. The lowest BCUT2D eigenvalue weighted by molar-refractivity contribution is -0.142. The number of carbonyl (C=O) groups excluding carboxylic acids is 11. The lowest BCUT2D eigenvalue weighted by Gasteiger charge is -2.31. The van der Waals surface area contributed by atoms with Crippen molar-refractivity contribution in [2.45, 2.75) is 107 Å². The molecule has 0 aliphatic carbocycles. The predicted molar refractivity (Wildman–Crippen MR) is 284 cm³/mol. The van der Waals surface area contributed by atoms with Crippen molar-refractivity contribution >= 4 is 103 Å². The van der Waals surface area contributed by atoms with Gasteiger partial charge in [-0.25, -0.2) is 0 Å². The first-order chi connectivity index (χ1) is 36.7. The van der Waals surface area contributed by atoms with Crippen molar-refractivity contribution in [3.05, 3.63) is 65.9 Å². The van der Waals surface area contributed by atoms with Crippen LogP contribution >= 0.6 is 21.6 Å². The minimum absolute atomic E-state index is 0.0102. The third-order valence-electron chi connectivity index (χ3n) is 12.3. The Balaban J connectivity index is 1.47. The number of nitrogens with zero attached hydrogens (tertiary/aromatic N) is 2. The van der Waals surface area contributed by atoms with Gasteiger partial charge in [0.25, 0.3) is 0 Å². The van der Waals surface area contributed by atoms with E-state index in [1.165, 1.54) is 17.0 Å². The smallest absolute Gasteiger partial charge is 0.246 e. The van der Waals surface area contributed by atoms with Crippen LogP contribution in [0.3, 0.4) is 0 Å². The van der Waals surface area contributed by atoms with Crippen molar-refractivity contribution in [1.82, 2.24) is 47.1 Å². The van der Waals surface area contributed by atoms with Crippen LogP contribution in [-0.2, 0) is 65.6 Å². The number of amides is 11. The molecule has 19 N–H and O–H groups in total. The van der Waals surface area contributed by atoms with Crippen LogP contribution < -0.4 is 65.9 Å². The summed E-state index contributed by atoms with van der Waals surface area (Å²) in [6.45, 7) is -0.410. The summed E-state index contributed by atoms with van der Waals surface area (Å²) in [6, 6.07) is 3.04. The van der Waals surface area contributed by atoms with Crippen molar-refractivity contribution in [1.29, 1.82) is 0 Å². The minimum atomic E-state index is -1.78. The number of rotatable bonds is 19. The molecule has 0 spiro atoms. The number of hydrogen-bond donors (Lipinski definition) is 14. The molecule has 27 nitrogen and oxygen atoms in total. The Labute approximate surface area is 449 Å². The third kappa shape index (κ3) is 18.9.